The van der Waals surface area contributed by atoms with Gasteiger partial charge in [-0.3, -0.25) is 24.3 Å². The third-order valence-corrected chi connectivity index (χ3v) is 7.91. The molecule has 176 valence electrons. The summed E-state index contributed by atoms with van der Waals surface area (Å²) < 4.78 is 1.70. The Kier molecular flexibility index (Phi) is 6.78. The number of rotatable bonds is 9. The number of hydrazone groups is 1. The van der Waals surface area contributed by atoms with Crippen molar-refractivity contribution in [1.82, 2.24) is 30.3 Å². The number of amides is 2. The van der Waals surface area contributed by atoms with Crippen LogP contribution in [0.15, 0.2) is 21.8 Å². The molecule has 3 aliphatic heterocycles. The minimum Gasteiger partial charge on any atom is -0.477 e. The van der Waals surface area contributed by atoms with Crippen molar-refractivity contribution in [3.05, 3.63) is 22.3 Å². The van der Waals surface area contributed by atoms with Gasteiger partial charge in [-0.1, -0.05) is 11.4 Å². The summed E-state index contributed by atoms with van der Waals surface area (Å²) in [5.74, 6) is -3.02. The van der Waals surface area contributed by atoms with Gasteiger partial charge in [-0.2, -0.15) is 5.10 Å². The van der Waals surface area contributed by atoms with Gasteiger partial charge in [-0.25, -0.2) is 15.3 Å². The van der Waals surface area contributed by atoms with Crippen LogP contribution >= 0.6 is 35.0 Å². The molecule has 1 aromatic rings. The topological polar surface area (TPSA) is 174 Å². The van der Waals surface area contributed by atoms with Crippen LogP contribution in [0.4, 0.5) is 5.13 Å². The normalized spacial score (nSPS) is 22.2. The molecule has 1 aromatic heterocycles. The molecule has 0 aromatic carbocycles. The first-order valence-electron chi connectivity index (χ1n) is 9.76. The van der Waals surface area contributed by atoms with Crippen molar-refractivity contribution >= 4 is 70.1 Å². The average molecular weight is 513 g/mol. The number of nitrogen functional groups attached to an aromatic ring is 1. The van der Waals surface area contributed by atoms with Gasteiger partial charge in [-0.15, -0.1) is 23.1 Å². The molecule has 4 rings (SSSR count). The summed E-state index contributed by atoms with van der Waals surface area (Å²) in [4.78, 5) is 54.2. The fourth-order valence-electron chi connectivity index (χ4n) is 3.38. The van der Waals surface area contributed by atoms with Crippen molar-refractivity contribution in [3.8, 4) is 0 Å². The zero-order valence-electron chi connectivity index (χ0n) is 17.3. The van der Waals surface area contributed by atoms with Gasteiger partial charge in [0.05, 0.1) is 0 Å². The van der Waals surface area contributed by atoms with E-state index in [9.17, 15) is 24.3 Å². The first kappa shape index (κ1) is 23.3. The van der Waals surface area contributed by atoms with E-state index in [2.05, 4.69) is 20.9 Å². The van der Waals surface area contributed by atoms with Crippen LogP contribution in [0.5, 0.6) is 0 Å². The highest BCUT2D eigenvalue weighted by molar-refractivity contribution is 8.00. The molecule has 16 heteroatoms. The van der Waals surface area contributed by atoms with Crippen LogP contribution in [-0.2, 0) is 14.4 Å². The van der Waals surface area contributed by atoms with Crippen molar-refractivity contribution in [2.45, 2.75) is 24.8 Å². The summed E-state index contributed by atoms with van der Waals surface area (Å²) in [5.41, 5.74) is 8.68. The van der Waals surface area contributed by atoms with E-state index in [0.29, 0.717) is 17.1 Å². The van der Waals surface area contributed by atoms with Gasteiger partial charge >= 0.3 is 5.97 Å². The molecule has 0 aliphatic carbocycles. The van der Waals surface area contributed by atoms with Gasteiger partial charge < -0.3 is 16.2 Å². The van der Waals surface area contributed by atoms with Crippen LogP contribution in [0.25, 0.3) is 0 Å². The van der Waals surface area contributed by atoms with Crippen LogP contribution in [-0.4, -0.2) is 83.9 Å². The molecule has 13 nitrogen and oxygen atoms in total. The Labute approximate surface area is 200 Å². The first-order chi connectivity index (χ1) is 15.8. The van der Waals surface area contributed by atoms with Crippen molar-refractivity contribution in [2.75, 3.05) is 23.8 Å². The maximum Gasteiger partial charge on any atom is 0.352 e. The number of nitrogens with zero attached hydrogens (tertiary/aromatic N) is 5. The lowest BCUT2D eigenvalue weighted by Crippen LogP contribution is -2.71. The Morgan fingerprint density at radius 1 is 1.42 bits per heavy atom. The van der Waals surface area contributed by atoms with Gasteiger partial charge in [0, 0.05) is 23.4 Å². The Balaban J connectivity index is 1.42. The third kappa shape index (κ3) is 4.50. The number of carboxylic acids is 1. The van der Waals surface area contributed by atoms with Crippen LogP contribution < -0.4 is 16.6 Å². The predicted octanol–water partition coefficient (Wildman–Crippen LogP) is -0.315. The zero-order chi connectivity index (χ0) is 23.7. The van der Waals surface area contributed by atoms with Crippen LogP contribution in [0.2, 0.25) is 0 Å². The lowest BCUT2D eigenvalue weighted by Gasteiger charge is -2.49. The summed E-state index contributed by atoms with van der Waals surface area (Å²) in [7, 11) is 0. The van der Waals surface area contributed by atoms with E-state index in [-0.39, 0.29) is 16.5 Å². The number of ketones is 1. The van der Waals surface area contributed by atoms with E-state index < -0.39 is 35.0 Å². The Hall–Kier alpha value is -2.82. The van der Waals surface area contributed by atoms with Crippen molar-refractivity contribution in [3.63, 3.8) is 0 Å². The minimum atomic E-state index is -1.22. The number of carbonyl (C=O) groups is 4. The van der Waals surface area contributed by atoms with E-state index >= 15 is 0 Å². The summed E-state index contributed by atoms with van der Waals surface area (Å²) >= 11 is 3.67. The van der Waals surface area contributed by atoms with Gasteiger partial charge in [0.2, 0.25) is 0 Å². The van der Waals surface area contributed by atoms with E-state index in [4.69, 9.17) is 5.73 Å². The predicted molar refractivity (Wildman–Crippen MR) is 123 cm³/mol. The lowest BCUT2D eigenvalue weighted by atomic mass is 10.0. The maximum absolute atomic E-state index is 12.8. The number of nitrogens with one attached hydrogen (secondary N) is 2. The monoisotopic (exact) mass is 512 g/mol. The molecule has 0 radical (unpaired) electrons. The quantitative estimate of drug-likeness (QED) is 0.147. The van der Waals surface area contributed by atoms with E-state index in [1.54, 1.807) is 10.9 Å². The maximum atomic E-state index is 12.8. The fourth-order valence-corrected chi connectivity index (χ4v) is 6.29. The van der Waals surface area contributed by atoms with E-state index in [0.717, 1.165) is 24.3 Å². The summed E-state index contributed by atoms with van der Waals surface area (Å²) in [6.45, 7) is 2.77. The van der Waals surface area contributed by atoms with Crippen LogP contribution in [0.3, 0.4) is 0 Å². The Morgan fingerprint density at radius 3 is 2.88 bits per heavy atom. The molecule has 2 atom stereocenters. The van der Waals surface area contributed by atoms with Gasteiger partial charge in [-0.05, 0) is 23.9 Å². The Bertz CT molecular complexity index is 1060. The second kappa shape index (κ2) is 9.58. The zero-order valence-corrected chi connectivity index (χ0v) is 19.7. The fraction of sp³-hybridized carbons (Fsp3) is 0.412. The number of aromatic nitrogens is 1. The number of thiazole rings is 1. The second-order valence-electron chi connectivity index (χ2n) is 7.07. The highest BCUT2D eigenvalue weighted by Gasteiger charge is 2.54. The standard InChI is InChI=1S/C17H20N8O5S3/c1-2-3-23-7-19-22-25(23)33-5-8-4-31-15-10(14(28)24(15)11(8)16(29)30)21-13(27)12(26)9-6-32-17(18)20-9/h6-7,10,15,22H,2-5H2,1H3,(H2,18,20)(H,21,27)(H,29,30)/t10?,15-/m0/s1. The van der Waals surface area contributed by atoms with Crippen LogP contribution in [0.1, 0.15) is 23.8 Å². The molecule has 33 heavy (non-hydrogen) atoms. The highest BCUT2D eigenvalue weighted by Crippen LogP contribution is 2.41. The molecule has 1 unspecified atom stereocenters. The molecule has 3 aliphatic rings. The van der Waals surface area contributed by atoms with Crippen molar-refractivity contribution < 1.29 is 24.3 Å². The third-order valence-electron chi connectivity index (χ3n) is 4.88. The number of fused-ring (bicyclic) bond motifs is 1. The second-order valence-corrected chi connectivity index (χ2v) is 9.96. The number of carbonyl (C=O) groups excluding carboxylic acids is 3. The molecule has 4 heterocycles. The molecular formula is C17H20N8O5S3. The molecular weight excluding hydrogens is 492 g/mol. The molecule has 2 amide bonds. The number of hydrogen-bond acceptors (Lipinski definition) is 13. The van der Waals surface area contributed by atoms with Crippen LogP contribution in [0, 0.1) is 0 Å². The number of Topliss-reactive ketones (excluding diaryl/α,β-unsaturated/α-hetero) is 1. The summed E-state index contributed by atoms with van der Waals surface area (Å²) in [6.07, 6.45) is 2.54. The van der Waals surface area contributed by atoms with E-state index in [1.807, 2.05) is 11.9 Å². The highest BCUT2D eigenvalue weighted by atomic mass is 32.2. The number of carboxylic acid groups (broad SMARTS) is 1. The molecule has 1 fully saturated rings. The van der Waals surface area contributed by atoms with Gasteiger partial charge in [0.25, 0.3) is 17.6 Å². The molecule has 0 saturated carbocycles. The molecule has 0 bridgehead atoms. The number of aliphatic carboxylic acids is 1. The molecule has 5 N–H and O–H groups in total. The first-order valence-corrected chi connectivity index (χ1v) is 12.6. The van der Waals surface area contributed by atoms with Gasteiger partial charge in [0.15, 0.2) is 5.13 Å². The number of nitrogens with two attached hydrogens (primary N) is 1. The number of hydrazine groups is 2. The van der Waals surface area contributed by atoms with Gasteiger partial charge in [0.1, 0.15) is 29.1 Å². The number of hydrogen-bond donors (Lipinski definition) is 4. The number of thioether (sulfide) groups is 1. The van der Waals surface area contributed by atoms with Crippen molar-refractivity contribution in [2.24, 2.45) is 5.10 Å². The number of anilines is 1. The largest absolute Gasteiger partial charge is 0.477 e. The number of β-lactam (4-membered cyclic amide) rings is 1. The van der Waals surface area contributed by atoms with E-state index in [1.165, 1.54) is 34.0 Å². The molecule has 1 saturated heterocycles. The lowest BCUT2D eigenvalue weighted by molar-refractivity contribution is -0.150. The smallest absolute Gasteiger partial charge is 0.352 e. The summed E-state index contributed by atoms with van der Waals surface area (Å²) in [6, 6.07) is -1.00. The average Bonchev–Trinajstić information content (AvgIpc) is 3.43. The summed E-state index contributed by atoms with van der Waals surface area (Å²) in [5, 5.41) is 18.9. The SMILES string of the molecule is CCCN1C=NNN1SCC1=C(C(=O)O)N2C(=O)C(NC(=O)C(=O)c3csc(N)n3)[C@@H]2SC1. The Morgan fingerprint density at radius 2 is 2.21 bits per heavy atom. The van der Waals surface area contributed by atoms with Crippen molar-refractivity contribution in [1.29, 1.82) is 0 Å². The molecule has 0 spiro atoms. The minimum absolute atomic E-state index is 0.0949.